The van der Waals surface area contributed by atoms with Gasteiger partial charge in [0.2, 0.25) is 0 Å². The second kappa shape index (κ2) is 20.4. The van der Waals surface area contributed by atoms with E-state index >= 15 is 0 Å². The average molecular weight is 943 g/mol. The van der Waals surface area contributed by atoms with Gasteiger partial charge in [0.25, 0.3) is 0 Å². The van der Waals surface area contributed by atoms with Crippen LogP contribution in [0, 0.1) is 13.8 Å². The minimum atomic E-state index is -0.221. The first kappa shape index (κ1) is 47.2. The van der Waals surface area contributed by atoms with Crippen LogP contribution >= 0.6 is 0 Å². The van der Waals surface area contributed by atoms with Crippen molar-refractivity contribution in [3.63, 3.8) is 0 Å². The zero-order chi connectivity index (χ0) is 49.2. The normalized spacial score (nSPS) is 12.5. The van der Waals surface area contributed by atoms with Crippen LogP contribution in [-0.4, -0.2) is 49.1 Å². The third-order valence-corrected chi connectivity index (χ3v) is 13.5. The molecule has 0 N–H and O–H groups in total. The number of methoxy groups -OCH3 is 2. The Balaban J connectivity index is 1.01. The van der Waals surface area contributed by atoms with Crippen molar-refractivity contribution in [3.8, 4) is 56.6 Å². The van der Waals surface area contributed by atoms with Crippen molar-refractivity contribution in [2.45, 2.75) is 73.0 Å². The summed E-state index contributed by atoms with van der Waals surface area (Å²) in [5.74, 6) is 2.99. The van der Waals surface area contributed by atoms with E-state index < -0.39 is 0 Å². The molecule has 10 rings (SSSR count). The van der Waals surface area contributed by atoms with Crippen molar-refractivity contribution < 1.29 is 28.4 Å². The maximum atomic E-state index is 7.03. The van der Waals surface area contributed by atoms with Gasteiger partial charge in [-0.1, -0.05) is 98.8 Å². The minimum absolute atomic E-state index is 0.0837. The Morgan fingerprint density at radius 1 is 0.423 bits per heavy atom. The highest BCUT2D eigenvalue weighted by Gasteiger charge is 2.26. The standard InChI is InChI=1S/C63H62N2O6/c1-9-44-27-29-60(50(36-44)52-31-40(3)33-58(62(52)68-38-66-7)64-54-23-15-11-19-46(54)47-20-12-16-24-55(47)64)70-42(5)35-43(6)71-61-30-28-45(10-2)37-51(61)53-32-41(4)34-59(63(53)69-39-67-8)65-56-25-17-13-21-48(56)49-22-14-18-26-57(49)65/h11-34,36-37,42-43H,9-10,35,38-39H2,1-8H3/t42-,43-/m0/s1. The van der Waals surface area contributed by atoms with Crippen molar-refractivity contribution in [2.24, 2.45) is 0 Å². The number of aromatic nitrogens is 2. The Labute approximate surface area is 416 Å². The summed E-state index contributed by atoms with van der Waals surface area (Å²) in [7, 11) is 3.32. The number of fused-ring (bicyclic) bond motifs is 6. The molecule has 0 saturated heterocycles. The van der Waals surface area contributed by atoms with Gasteiger partial charge in [-0.25, -0.2) is 0 Å². The summed E-state index contributed by atoms with van der Waals surface area (Å²) in [5.41, 5.74) is 14.7. The Hall–Kier alpha value is -7.52. The Morgan fingerprint density at radius 3 is 1.11 bits per heavy atom. The van der Waals surface area contributed by atoms with Gasteiger partial charge in [0.05, 0.1) is 45.6 Å². The van der Waals surface area contributed by atoms with Gasteiger partial charge in [-0.2, -0.15) is 0 Å². The zero-order valence-corrected chi connectivity index (χ0v) is 42.0. The fourth-order valence-electron chi connectivity index (χ4n) is 10.4. The topological polar surface area (TPSA) is 65.2 Å². The van der Waals surface area contributed by atoms with E-state index in [4.69, 9.17) is 28.4 Å². The molecular weight excluding hydrogens is 881 g/mol. The van der Waals surface area contributed by atoms with Crippen molar-refractivity contribution in [1.82, 2.24) is 9.13 Å². The lowest BCUT2D eigenvalue weighted by Gasteiger charge is -2.25. The third kappa shape index (κ3) is 9.10. The molecule has 10 aromatic rings. The smallest absolute Gasteiger partial charge is 0.188 e. The van der Waals surface area contributed by atoms with Crippen molar-refractivity contribution in [2.75, 3.05) is 27.8 Å². The van der Waals surface area contributed by atoms with E-state index in [1.165, 1.54) is 32.7 Å². The predicted octanol–water partition coefficient (Wildman–Crippen LogP) is 15.5. The Morgan fingerprint density at radius 2 is 0.775 bits per heavy atom. The second-order valence-electron chi connectivity index (χ2n) is 18.6. The van der Waals surface area contributed by atoms with E-state index in [0.29, 0.717) is 6.42 Å². The number of nitrogens with zero attached hydrogens (tertiary/aromatic N) is 2. The SMILES string of the molecule is CCc1ccc(O[C@@H](C)C[C@H](C)Oc2ccc(CC)cc2-c2cc(C)cc(-n3c4ccccc4c4ccccc43)c2OCOC)c(-c2cc(C)cc(-n3c4ccccc4c4ccccc43)c2OCOC)c1. The Bertz CT molecular complexity index is 3210. The molecule has 8 heteroatoms. The maximum absolute atomic E-state index is 7.03. The van der Waals surface area contributed by atoms with Crippen LogP contribution in [0.2, 0.25) is 0 Å². The molecule has 0 saturated carbocycles. The number of aryl methyl sites for hydroxylation is 4. The molecule has 71 heavy (non-hydrogen) atoms. The quantitative estimate of drug-likeness (QED) is 0.0799. The number of rotatable bonds is 18. The van der Waals surface area contributed by atoms with Crippen LogP contribution in [0.1, 0.15) is 56.4 Å². The number of ether oxygens (including phenoxy) is 6. The summed E-state index contributed by atoms with van der Waals surface area (Å²) >= 11 is 0. The van der Waals surface area contributed by atoms with Gasteiger partial charge in [-0.3, -0.25) is 0 Å². The lowest BCUT2D eigenvalue weighted by Crippen LogP contribution is -2.23. The number of para-hydroxylation sites is 4. The molecule has 0 amide bonds. The maximum Gasteiger partial charge on any atom is 0.188 e. The molecule has 0 fully saturated rings. The molecule has 360 valence electrons. The lowest BCUT2D eigenvalue weighted by atomic mass is 9.97. The molecule has 0 radical (unpaired) electrons. The first-order chi connectivity index (χ1) is 34.7. The van der Waals surface area contributed by atoms with Crippen LogP contribution in [0.3, 0.4) is 0 Å². The summed E-state index contributed by atoms with van der Waals surface area (Å²) in [6.07, 6.45) is 1.91. The summed E-state index contributed by atoms with van der Waals surface area (Å²) in [6, 6.07) is 56.0. The molecule has 2 aromatic heterocycles. The zero-order valence-electron chi connectivity index (χ0n) is 42.0. The van der Waals surface area contributed by atoms with Crippen LogP contribution in [-0.2, 0) is 22.3 Å². The molecule has 0 unspecified atom stereocenters. The number of hydrogen-bond acceptors (Lipinski definition) is 6. The molecule has 0 bridgehead atoms. The summed E-state index contributed by atoms with van der Waals surface area (Å²) in [4.78, 5) is 0. The van der Waals surface area contributed by atoms with E-state index in [-0.39, 0.29) is 25.8 Å². The number of benzene rings is 8. The largest absolute Gasteiger partial charge is 0.490 e. The average Bonchev–Trinajstić information content (AvgIpc) is 3.90. The van der Waals surface area contributed by atoms with Gasteiger partial charge in [0.1, 0.15) is 11.5 Å². The van der Waals surface area contributed by atoms with E-state index in [0.717, 1.165) is 103 Å². The van der Waals surface area contributed by atoms with Crippen LogP contribution in [0.25, 0.3) is 77.2 Å². The van der Waals surface area contributed by atoms with Crippen molar-refractivity contribution >= 4 is 43.6 Å². The highest BCUT2D eigenvalue weighted by atomic mass is 16.7. The van der Waals surface area contributed by atoms with E-state index in [1.807, 2.05) is 0 Å². The first-order valence-corrected chi connectivity index (χ1v) is 24.8. The van der Waals surface area contributed by atoms with Gasteiger partial charge in [-0.05, 0) is 136 Å². The fourth-order valence-corrected chi connectivity index (χ4v) is 10.4. The molecular formula is C63H62N2O6. The van der Waals surface area contributed by atoms with E-state index in [2.05, 4.69) is 208 Å². The summed E-state index contributed by atoms with van der Waals surface area (Å²) in [6.45, 7) is 13.1. The van der Waals surface area contributed by atoms with Gasteiger partial charge < -0.3 is 37.6 Å². The molecule has 0 aliphatic heterocycles. The van der Waals surface area contributed by atoms with Gasteiger partial charge in [0.15, 0.2) is 25.1 Å². The number of hydrogen-bond donors (Lipinski definition) is 0. The summed E-state index contributed by atoms with van der Waals surface area (Å²) < 4.78 is 43.1. The van der Waals surface area contributed by atoms with Crippen LogP contribution < -0.4 is 18.9 Å². The van der Waals surface area contributed by atoms with Gasteiger partial charge in [-0.15, -0.1) is 0 Å². The van der Waals surface area contributed by atoms with Crippen LogP contribution in [0.4, 0.5) is 0 Å². The molecule has 0 spiro atoms. The third-order valence-electron chi connectivity index (χ3n) is 13.5. The van der Waals surface area contributed by atoms with Crippen LogP contribution in [0.5, 0.6) is 23.0 Å². The predicted molar refractivity (Wildman–Crippen MR) is 290 cm³/mol. The molecule has 0 aliphatic carbocycles. The van der Waals surface area contributed by atoms with Gasteiger partial charge in [0, 0.05) is 64.4 Å². The van der Waals surface area contributed by atoms with Gasteiger partial charge >= 0.3 is 0 Å². The monoisotopic (exact) mass is 942 g/mol. The van der Waals surface area contributed by atoms with Crippen LogP contribution in [0.15, 0.2) is 158 Å². The molecule has 0 aliphatic rings. The van der Waals surface area contributed by atoms with Crippen molar-refractivity contribution in [3.05, 3.63) is 180 Å². The summed E-state index contributed by atoms with van der Waals surface area (Å²) in [5, 5.41) is 4.73. The second-order valence-corrected chi connectivity index (χ2v) is 18.6. The molecule has 8 aromatic carbocycles. The fraction of sp³-hybridized carbons (Fsp3) is 0.238. The highest BCUT2D eigenvalue weighted by molar-refractivity contribution is 6.10. The first-order valence-electron chi connectivity index (χ1n) is 24.8. The van der Waals surface area contributed by atoms with E-state index in [9.17, 15) is 0 Å². The minimum Gasteiger partial charge on any atom is -0.490 e. The molecule has 8 nitrogen and oxygen atoms in total. The van der Waals surface area contributed by atoms with Crippen molar-refractivity contribution in [1.29, 1.82) is 0 Å². The molecule has 2 heterocycles. The molecule has 2 atom stereocenters. The van der Waals surface area contributed by atoms with E-state index in [1.54, 1.807) is 14.2 Å². The highest BCUT2D eigenvalue weighted by Crippen LogP contribution is 2.47. The Kier molecular flexibility index (Phi) is 13.6. The lowest BCUT2D eigenvalue weighted by molar-refractivity contribution is 0.0513.